The molecule has 0 aromatic heterocycles. The Morgan fingerprint density at radius 2 is 2.14 bits per heavy atom. The van der Waals surface area contributed by atoms with Crippen LogP contribution in [0, 0.1) is 0 Å². The van der Waals surface area contributed by atoms with Crippen LogP contribution in [0.3, 0.4) is 0 Å². The molecule has 1 aromatic rings. The molecule has 1 aromatic carbocycles. The minimum absolute atomic E-state index is 1.08. The van der Waals surface area contributed by atoms with E-state index in [1.54, 1.807) is 0 Å². The Hall–Kier alpha value is -0.340. The summed E-state index contributed by atoms with van der Waals surface area (Å²) in [5, 5.41) is 3.34. The SMILES string of the molecule is CCNCCCCc1cccc(Br)c1. The first kappa shape index (κ1) is 11.7. The quantitative estimate of drug-likeness (QED) is 0.769. The smallest absolute Gasteiger partial charge is 0.0177 e. The molecule has 0 amide bonds. The normalized spacial score (nSPS) is 10.4. The summed E-state index contributed by atoms with van der Waals surface area (Å²) in [6.07, 6.45) is 3.72. The molecule has 0 aliphatic heterocycles. The van der Waals surface area contributed by atoms with Crippen molar-refractivity contribution in [2.45, 2.75) is 26.2 Å². The lowest BCUT2D eigenvalue weighted by Crippen LogP contribution is -2.13. The highest BCUT2D eigenvalue weighted by Crippen LogP contribution is 2.13. The van der Waals surface area contributed by atoms with Crippen LogP contribution >= 0.6 is 15.9 Å². The van der Waals surface area contributed by atoms with Crippen LogP contribution in [-0.2, 0) is 6.42 Å². The number of rotatable bonds is 6. The highest BCUT2D eigenvalue weighted by molar-refractivity contribution is 9.10. The molecule has 2 heteroatoms. The summed E-state index contributed by atoms with van der Waals surface area (Å²) in [5.74, 6) is 0. The maximum atomic E-state index is 3.48. The van der Waals surface area contributed by atoms with Crippen LogP contribution in [-0.4, -0.2) is 13.1 Å². The minimum atomic E-state index is 1.08. The summed E-state index contributed by atoms with van der Waals surface area (Å²) < 4.78 is 1.18. The molecule has 0 unspecified atom stereocenters. The van der Waals surface area contributed by atoms with E-state index in [9.17, 15) is 0 Å². The highest BCUT2D eigenvalue weighted by atomic mass is 79.9. The van der Waals surface area contributed by atoms with Crippen LogP contribution in [0.5, 0.6) is 0 Å². The zero-order valence-corrected chi connectivity index (χ0v) is 10.3. The van der Waals surface area contributed by atoms with E-state index in [1.807, 2.05) is 0 Å². The number of nitrogens with one attached hydrogen (secondary N) is 1. The predicted octanol–water partition coefficient (Wildman–Crippen LogP) is 3.38. The predicted molar refractivity (Wildman–Crippen MR) is 65.6 cm³/mol. The molecule has 0 fully saturated rings. The molecule has 0 aliphatic rings. The second-order valence-electron chi connectivity index (χ2n) is 3.44. The third-order valence-corrected chi connectivity index (χ3v) is 2.70. The van der Waals surface area contributed by atoms with Crippen LogP contribution in [0.1, 0.15) is 25.3 Å². The lowest BCUT2D eigenvalue weighted by molar-refractivity contribution is 0.641. The van der Waals surface area contributed by atoms with E-state index in [2.05, 4.69) is 52.4 Å². The van der Waals surface area contributed by atoms with Crippen molar-refractivity contribution in [2.24, 2.45) is 0 Å². The van der Waals surface area contributed by atoms with Gasteiger partial charge < -0.3 is 5.32 Å². The number of halogens is 1. The van der Waals surface area contributed by atoms with Gasteiger partial charge in [-0.25, -0.2) is 0 Å². The molecule has 0 saturated carbocycles. The Balaban J connectivity index is 2.18. The Morgan fingerprint density at radius 1 is 1.29 bits per heavy atom. The average molecular weight is 256 g/mol. The minimum Gasteiger partial charge on any atom is -0.317 e. The van der Waals surface area contributed by atoms with Crippen LogP contribution in [0.15, 0.2) is 28.7 Å². The fourth-order valence-electron chi connectivity index (χ4n) is 1.45. The molecule has 0 aliphatic carbocycles. The van der Waals surface area contributed by atoms with E-state index >= 15 is 0 Å². The maximum absolute atomic E-state index is 3.48. The highest BCUT2D eigenvalue weighted by Gasteiger charge is 1.94. The van der Waals surface area contributed by atoms with E-state index in [4.69, 9.17) is 0 Å². The molecule has 1 N–H and O–H groups in total. The Labute approximate surface area is 95.0 Å². The van der Waals surface area contributed by atoms with Gasteiger partial charge in [0.1, 0.15) is 0 Å². The molecular weight excluding hydrogens is 238 g/mol. The van der Waals surface area contributed by atoms with Crippen LogP contribution in [0.25, 0.3) is 0 Å². The van der Waals surface area contributed by atoms with Crippen molar-refractivity contribution in [3.63, 3.8) is 0 Å². The lowest BCUT2D eigenvalue weighted by atomic mass is 10.1. The molecule has 78 valence electrons. The molecule has 0 heterocycles. The monoisotopic (exact) mass is 255 g/mol. The molecule has 0 saturated heterocycles. The summed E-state index contributed by atoms with van der Waals surface area (Å²) in [7, 11) is 0. The van der Waals surface area contributed by atoms with Crippen molar-refractivity contribution in [3.05, 3.63) is 34.3 Å². The van der Waals surface area contributed by atoms with Gasteiger partial charge in [0, 0.05) is 4.47 Å². The third kappa shape index (κ3) is 4.77. The number of hydrogen-bond acceptors (Lipinski definition) is 1. The fourth-order valence-corrected chi connectivity index (χ4v) is 1.90. The number of aryl methyl sites for hydroxylation is 1. The van der Waals surface area contributed by atoms with Gasteiger partial charge in [-0.3, -0.25) is 0 Å². The van der Waals surface area contributed by atoms with E-state index in [0.29, 0.717) is 0 Å². The summed E-state index contributed by atoms with van der Waals surface area (Å²) >= 11 is 3.48. The van der Waals surface area contributed by atoms with Crippen molar-refractivity contribution in [3.8, 4) is 0 Å². The summed E-state index contributed by atoms with van der Waals surface area (Å²) in [6, 6.07) is 8.57. The van der Waals surface area contributed by atoms with Crippen LogP contribution in [0.2, 0.25) is 0 Å². The van der Waals surface area contributed by atoms with Gasteiger partial charge in [-0.05, 0) is 50.0 Å². The molecule has 0 bridgehead atoms. The Bertz CT molecular complexity index is 260. The molecular formula is C12H18BrN. The van der Waals surface area contributed by atoms with Crippen molar-refractivity contribution in [1.82, 2.24) is 5.32 Å². The zero-order valence-electron chi connectivity index (χ0n) is 8.72. The molecule has 0 atom stereocenters. The summed E-state index contributed by atoms with van der Waals surface area (Å²) in [6.45, 7) is 4.37. The Morgan fingerprint density at radius 3 is 2.86 bits per heavy atom. The average Bonchev–Trinajstić information content (AvgIpc) is 2.18. The van der Waals surface area contributed by atoms with Crippen molar-refractivity contribution in [1.29, 1.82) is 0 Å². The van der Waals surface area contributed by atoms with Gasteiger partial charge >= 0.3 is 0 Å². The lowest BCUT2D eigenvalue weighted by Gasteiger charge is -2.02. The third-order valence-electron chi connectivity index (χ3n) is 2.21. The Kier molecular flexibility index (Phi) is 5.88. The van der Waals surface area contributed by atoms with Crippen molar-refractivity contribution in [2.75, 3.05) is 13.1 Å². The number of hydrogen-bond donors (Lipinski definition) is 1. The fraction of sp³-hybridized carbons (Fsp3) is 0.500. The summed E-state index contributed by atoms with van der Waals surface area (Å²) in [4.78, 5) is 0. The van der Waals surface area contributed by atoms with Gasteiger partial charge in [0.25, 0.3) is 0 Å². The zero-order chi connectivity index (χ0) is 10.2. The van der Waals surface area contributed by atoms with Gasteiger partial charge in [0.15, 0.2) is 0 Å². The molecule has 1 nitrogen and oxygen atoms in total. The number of benzene rings is 1. The van der Waals surface area contributed by atoms with Gasteiger partial charge in [-0.15, -0.1) is 0 Å². The second-order valence-corrected chi connectivity index (χ2v) is 4.36. The first-order valence-corrected chi connectivity index (χ1v) is 6.07. The van der Waals surface area contributed by atoms with Gasteiger partial charge in [0.05, 0.1) is 0 Å². The first-order chi connectivity index (χ1) is 6.83. The largest absolute Gasteiger partial charge is 0.317 e. The summed E-state index contributed by atoms with van der Waals surface area (Å²) in [5.41, 5.74) is 1.43. The van der Waals surface area contributed by atoms with E-state index in [-0.39, 0.29) is 0 Å². The van der Waals surface area contributed by atoms with Crippen molar-refractivity contribution >= 4 is 15.9 Å². The van der Waals surface area contributed by atoms with Gasteiger partial charge in [-0.1, -0.05) is 35.0 Å². The van der Waals surface area contributed by atoms with E-state index in [1.165, 1.54) is 29.3 Å². The van der Waals surface area contributed by atoms with Crippen LogP contribution in [0.4, 0.5) is 0 Å². The number of unbranched alkanes of at least 4 members (excludes halogenated alkanes) is 1. The van der Waals surface area contributed by atoms with E-state index in [0.717, 1.165) is 13.1 Å². The molecule has 0 spiro atoms. The first-order valence-electron chi connectivity index (χ1n) is 5.28. The standard InChI is InChI=1S/C12H18BrN/c1-2-14-9-4-3-6-11-7-5-8-12(13)10-11/h5,7-8,10,14H,2-4,6,9H2,1H3. The topological polar surface area (TPSA) is 12.0 Å². The molecule has 14 heavy (non-hydrogen) atoms. The maximum Gasteiger partial charge on any atom is 0.0177 e. The van der Waals surface area contributed by atoms with Crippen LogP contribution < -0.4 is 5.32 Å². The molecule has 1 rings (SSSR count). The second kappa shape index (κ2) is 7.02. The van der Waals surface area contributed by atoms with Gasteiger partial charge in [-0.2, -0.15) is 0 Å². The molecule has 0 radical (unpaired) electrons. The van der Waals surface area contributed by atoms with Gasteiger partial charge in [0.2, 0.25) is 0 Å². The van der Waals surface area contributed by atoms with Crippen molar-refractivity contribution < 1.29 is 0 Å². The van der Waals surface area contributed by atoms with E-state index < -0.39 is 0 Å².